The lowest BCUT2D eigenvalue weighted by Crippen LogP contribution is -2.51. The highest BCUT2D eigenvalue weighted by Crippen LogP contribution is 2.20. The number of nitrogens with zero attached hydrogens (tertiary/aromatic N) is 2. The summed E-state index contributed by atoms with van der Waals surface area (Å²) in [5.41, 5.74) is 1.89. The van der Waals surface area contributed by atoms with Crippen molar-refractivity contribution >= 4 is 27.5 Å². The second-order valence-corrected chi connectivity index (χ2v) is 9.23. The maximum absolute atomic E-state index is 13.7. The molecule has 0 aliphatic carbocycles. The van der Waals surface area contributed by atoms with Crippen LogP contribution in [-0.2, 0) is 26.2 Å². The standard InChI is InChI=1S/C22H28FN3O4S/c1-5-24-22(28)17(3)25(14-18-11-9-16(2)10-12-18)21(27)15-26(31(4,29)30)20-8-6-7-19(23)13-20/h6-13,17H,5,14-15H2,1-4H3,(H,24,28). The van der Waals surface area contributed by atoms with Crippen LogP contribution in [0.25, 0.3) is 0 Å². The number of likely N-dealkylation sites (N-methyl/N-ethyl adjacent to an activating group) is 1. The number of carbonyl (C=O) groups is 2. The molecule has 0 saturated heterocycles. The monoisotopic (exact) mass is 449 g/mol. The minimum Gasteiger partial charge on any atom is -0.355 e. The first-order valence-corrected chi connectivity index (χ1v) is 11.7. The molecule has 2 aromatic carbocycles. The van der Waals surface area contributed by atoms with E-state index in [0.717, 1.165) is 27.8 Å². The van der Waals surface area contributed by atoms with Gasteiger partial charge in [0.1, 0.15) is 18.4 Å². The van der Waals surface area contributed by atoms with Gasteiger partial charge in [0.05, 0.1) is 11.9 Å². The maximum atomic E-state index is 13.7. The Balaban J connectivity index is 2.37. The van der Waals surface area contributed by atoms with Crippen molar-refractivity contribution in [2.24, 2.45) is 0 Å². The Morgan fingerprint density at radius 3 is 2.32 bits per heavy atom. The van der Waals surface area contributed by atoms with E-state index in [1.54, 1.807) is 13.8 Å². The molecule has 2 aromatic rings. The van der Waals surface area contributed by atoms with Crippen LogP contribution >= 0.6 is 0 Å². The third kappa shape index (κ3) is 6.78. The fraction of sp³-hybridized carbons (Fsp3) is 0.364. The number of benzene rings is 2. The highest BCUT2D eigenvalue weighted by Gasteiger charge is 2.30. The molecule has 2 rings (SSSR count). The molecule has 1 unspecified atom stereocenters. The van der Waals surface area contributed by atoms with Crippen molar-refractivity contribution in [3.05, 3.63) is 65.5 Å². The molecule has 0 aliphatic heterocycles. The number of anilines is 1. The molecular weight excluding hydrogens is 421 g/mol. The second-order valence-electron chi connectivity index (χ2n) is 7.33. The van der Waals surface area contributed by atoms with Gasteiger partial charge in [-0.2, -0.15) is 0 Å². The summed E-state index contributed by atoms with van der Waals surface area (Å²) in [6, 6.07) is 11.7. The first-order chi connectivity index (χ1) is 14.5. The van der Waals surface area contributed by atoms with Crippen molar-refractivity contribution in [3.8, 4) is 0 Å². The van der Waals surface area contributed by atoms with Gasteiger partial charge >= 0.3 is 0 Å². The van der Waals surface area contributed by atoms with Crippen molar-refractivity contribution in [2.45, 2.75) is 33.4 Å². The van der Waals surface area contributed by atoms with Gasteiger partial charge in [-0.15, -0.1) is 0 Å². The van der Waals surface area contributed by atoms with Crippen LogP contribution in [0.5, 0.6) is 0 Å². The van der Waals surface area contributed by atoms with E-state index in [1.165, 1.54) is 23.1 Å². The van der Waals surface area contributed by atoms with E-state index in [0.29, 0.717) is 6.54 Å². The van der Waals surface area contributed by atoms with Crippen molar-refractivity contribution < 1.29 is 22.4 Å². The SMILES string of the molecule is CCNC(=O)C(C)N(Cc1ccc(C)cc1)C(=O)CN(c1cccc(F)c1)S(C)(=O)=O. The highest BCUT2D eigenvalue weighted by atomic mass is 32.2. The minimum absolute atomic E-state index is 0.0387. The van der Waals surface area contributed by atoms with Gasteiger partial charge in [-0.05, 0) is 44.5 Å². The number of halogens is 1. The Labute approximate surface area is 182 Å². The Morgan fingerprint density at radius 1 is 1.13 bits per heavy atom. The van der Waals surface area contributed by atoms with E-state index >= 15 is 0 Å². The van der Waals surface area contributed by atoms with Gasteiger partial charge in [0.25, 0.3) is 0 Å². The number of hydrogen-bond donors (Lipinski definition) is 1. The van der Waals surface area contributed by atoms with Gasteiger partial charge in [-0.3, -0.25) is 13.9 Å². The molecule has 0 saturated carbocycles. The van der Waals surface area contributed by atoms with E-state index in [2.05, 4.69) is 5.32 Å². The first kappa shape index (κ1) is 24.3. The van der Waals surface area contributed by atoms with Crippen molar-refractivity contribution in [1.82, 2.24) is 10.2 Å². The summed E-state index contributed by atoms with van der Waals surface area (Å²) in [5.74, 6) is -1.54. The van der Waals surface area contributed by atoms with E-state index in [9.17, 15) is 22.4 Å². The molecule has 0 bridgehead atoms. The summed E-state index contributed by atoms with van der Waals surface area (Å²) >= 11 is 0. The predicted molar refractivity (Wildman–Crippen MR) is 118 cm³/mol. The topological polar surface area (TPSA) is 86.8 Å². The zero-order valence-corrected chi connectivity index (χ0v) is 18.9. The molecule has 1 atom stereocenters. The fourth-order valence-electron chi connectivity index (χ4n) is 3.04. The number of amides is 2. The number of sulfonamides is 1. The minimum atomic E-state index is -3.88. The molecular formula is C22H28FN3O4S. The molecule has 0 aliphatic rings. The van der Waals surface area contributed by atoms with Crippen LogP contribution in [0.3, 0.4) is 0 Å². The predicted octanol–water partition coefficient (Wildman–Crippen LogP) is 2.45. The van der Waals surface area contributed by atoms with Gasteiger partial charge in [-0.25, -0.2) is 12.8 Å². The lowest BCUT2D eigenvalue weighted by atomic mass is 10.1. The molecule has 2 amide bonds. The molecule has 7 nitrogen and oxygen atoms in total. The first-order valence-electron chi connectivity index (χ1n) is 9.89. The van der Waals surface area contributed by atoms with Crippen LogP contribution < -0.4 is 9.62 Å². The number of carbonyl (C=O) groups excluding carboxylic acids is 2. The molecule has 0 heterocycles. The maximum Gasteiger partial charge on any atom is 0.244 e. The summed E-state index contributed by atoms with van der Waals surface area (Å²) in [5, 5.41) is 2.68. The van der Waals surface area contributed by atoms with Crippen LogP contribution in [0.2, 0.25) is 0 Å². The third-order valence-corrected chi connectivity index (χ3v) is 5.91. The normalized spacial score (nSPS) is 12.2. The zero-order chi connectivity index (χ0) is 23.2. The molecule has 168 valence electrons. The van der Waals surface area contributed by atoms with Gasteiger partial charge in [-0.1, -0.05) is 35.9 Å². The summed E-state index contributed by atoms with van der Waals surface area (Å²) < 4.78 is 39.2. The van der Waals surface area contributed by atoms with Crippen LogP contribution in [-0.4, -0.2) is 50.5 Å². The number of hydrogen-bond acceptors (Lipinski definition) is 4. The van der Waals surface area contributed by atoms with Gasteiger partial charge in [0.2, 0.25) is 21.8 Å². The Bertz CT molecular complexity index is 1030. The Morgan fingerprint density at radius 2 is 1.77 bits per heavy atom. The van der Waals surface area contributed by atoms with Gasteiger partial charge in [0.15, 0.2) is 0 Å². The lowest BCUT2D eigenvalue weighted by Gasteiger charge is -2.31. The summed E-state index contributed by atoms with van der Waals surface area (Å²) in [6.07, 6.45) is 0.947. The van der Waals surface area contributed by atoms with Crippen molar-refractivity contribution in [1.29, 1.82) is 0 Å². The molecule has 0 fully saturated rings. The Kier molecular flexibility index (Phi) is 8.15. The average Bonchev–Trinajstić information content (AvgIpc) is 2.70. The molecule has 1 N–H and O–H groups in total. The van der Waals surface area contributed by atoms with E-state index in [4.69, 9.17) is 0 Å². The van der Waals surface area contributed by atoms with E-state index < -0.39 is 34.3 Å². The summed E-state index contributed by atoms with van der Waals surface area (Å²) in [6.45, 7) is 5.26. The van der Waals surface area contributed by atoms with Crippen molar-refractivity contribution in [2.75, 3.05) is 23.7 Å². The fourth-order valence-corrected chi connectivity index (χ4v) is 3.88. The average molecular weight is 450 g/mol. The van der Waals surface area contributed by atoms with Crippen LogP contribution in [0.1, 0.15) is 25.0 Å². The smallest absolute Gasteiger partial charge is 0.244 e. The molecule has 0 aromatic heterocycles. The van der Waals surface area contributed by atoms with Gasteiger partial charge in [0, 0.05) is 13.1 Å². The Hall–Kier alpha value is -2.94. The second kappa shape index (κ2) is 10.4. The highest BCUT2D eigenvalue weighted by molar-refractivity contribution is 7.92. The third-order valence-electron chi connectivity index (χ3n) is 4.77. The zero-order valence-electron chi connectivity index (χ0n) is 18.1. The van der Waals surface area contributed by atoms with Gasteiger partial charge < -0.3 is 10.2 Å². The van der Waals surface area contributed by atoms with Crippen LogP contribution in [0.15, 0.2) is 48.5 Å². The van der Waals surface area contributed by atoms with Crippen LogP contribution in [0, 0.1) is 12.7 Å². The van der Waals surface area contributed by atoms with E-state index in [1.807, 2.05) is 31.2 Å². The lowest BCUT2D eigenvalue weighted by molar-refractivity contribution is -0.139. The number of rotatable bonds is 9. The molecule has 31 heavy (non-hydrogen) atoms. The van der Waals surface area contributed by atoms with E-state index in [-0.39, 0.29) is 18.1 Å². The van der Waals surface area contributed by atoms with Crippen molar-refractivity contribution in [3.63, 3.8) is 0 Å². The molecule has 0 radical (unpaired) electrons. The quantitative estimate of drug-likeness (QED) is 0.637. The number of nitrogens with one attached hydrogen (secondary N) is 1. The molecule has 0 spiro atoms. The summed E-state index contributed by atoms with van der Waals surface area (Å²) in [7, 11) is -3.88. The number of aryl methyl sites for hydroxylation is 1. The largest absolute Gasteiger partial charge is 0.355 e. The van der Waals surface area contributed by atoms with Crippen LogP contribution in [0.4, 0.5) is 10.1 Å². The molecule has 9 heteroatoms. The summed E-state index contributed by atoms with van der Waals surface area (Å²) in [4.78, 5) is 27.0.